The molecule has 0 saturated heterocycles. The molecule has 2 rings (SSSR count). The van der Waals surface area contributed by atoms with Gasteiger partial charge in [0.2, 0.25) is 0 Å². The van der Waals surface area contributed by atoms with Crippen LogP contribution in [0.4, 0.5) is 0 Å². The van der Waals surface area contributed by atoms with Gasteiger partial charge in [-0.15, -0.1) is 0 Å². The second kappa shape index (κ2) is 3.09. The molecule has 1 nitrogen and oxygen atoms in total. The van der Waals surface area contributed by atoms with Gasteiger partial charge in [0.15, 0.2) is 0 Å². The predicted molar refractivity (Wildman–Crippen MR) is 58.6 cm³/mol. The summed E-state index contributed by atoms with van der Waals surface area (Å²) in [7, 11) is 0. The largest absolute Gasteiger partial charge is 0.389 e. The number of aryl methyl sites for hydroxylation is 2. The van der Waals surface area contributed by atoms with Gasteiger partial charge >= 0.3 is 0 Å². The number of hydrogen-bond donors (Lipinski definition) is 1. The Kier molecular flexibility index (Phi) is 2.15. The SMILES string of the molecule is CCC1(O)Cc2cc(C)c(C)cc2C1. The van der Waals surface area contributed by atoms with Crippen molar-refractivity contribution < 1.29 is 5.11 Å². The highest BCUT2D eigenvalue weighted by Crippen LogP contribution is 2.33. The fourth-order valence-electron chi connectivity index (χ4n) is 2.29. The van der Waals surface area contributed by atoms with E-state index in [1.165, 1.54) is 22.3 Å². The van der Waals surface area contributed by atoms with Crippen LogP contribution in [0.5, 0.6) is 0 Å². The first kappa shape index (κ1) is 9.72. The lowest BCUT2D eigenvalue weighted by molar-refractivity contribution is 0.0475. The van der Waals surface area contributed by atoms with Gasteiger partial charge in [0.1, 0.15) is 0 Å². The van der Waals surface area contributed by atoms with E-state index in [0.717, 1.165) is 19.3 Å². The summed E-state index contributed by atoms with van der Waals surface area (Å²) in [6.45, 7) is 6.34. The highest BCUT2D eigenvalue weighted by atomic mass is 16.3. The summed E-state index contributed by atoms with van der Waals surface area (Å²) >= 11 is 0. The third-order valence-electron chi connectivity index (χ3n) is 3.51. The molecule has 0 spiro atoms. The van der Waals surface area contributed by atoms with Crippen LogP contribution in [0.2, 0.25) is 0 Å². The molecule has 1 N–H and O–H groups in total. The quantitative estimate of drug-likeness (QED) is 0.721. The molecule has 0 aromatic heterocycles. The maximum absolute atomic E-state index is 10.2. The van der Waals surface area contributed by atoms with Crippen molar-refractivity contribution in [3.05, 3.63) is 34.4 Å². The highest BCUT2D eigenvalue weighted by molar-refractivity contribution is 5.42. The Morgan fingerprint density at radius 2 is 1.57 bits per heavy atom. The Morgan fingerprint density at radius 1 is 1.14 bits per heavy atom. The van der Waals surface area contributed by atoms with Crippen LogP contribution >= 0.6 is 0 Å². The summed E-state index contributed by atoms with van der Waals surface area (Å²) in [5.41, 5.74) is 4.89. The second-order valence-corrected chi connectivity index (χ2v) is 4.64. The van der Waals surface area contributed by atoms with Gasteiger partial charge < -0.3 is 5.11 Å². The van der Waals surface area contributed by atoms with Crippen molar-refractivity contribution in [3.8, 4) is 0 Å². The van der Waals surface area contributed by atoms with Crippen LogP contribution in [-0.4, -0.2) is 10.7 Å². The van der Waals surface area contributed by atoms with Crippen molar-refractivity contribution in [1.29, 1.82) is 0 Å². The average molecular weight is 190 g/mol. The van der Waals surface area contributed by atoms with Crippen LogP contribution in [0, 0.1) is 13.8 Å². The van der Waals surface area contributed by atoms with Gasteiger partial charge in [-0.1, -0.05) is 19.1 Å². The standard InChI is InChI=1S/C13H18O/c1-4-13(14)7-11-5-9(2)10(3)6-12(11)8-13/h5-6,14H,4,7-8H2,1-3H3. The molecule has 0 amide bonds. The van der Waals surface area contributed by atoms with Crippen LogP contribution in [0.3, 0.4) is 0 Å². The zero-order chi connectivity index (χ0) is 10.3. The molecule has 14 heavy (non-hydrogen) atoms. The minimum Gasteiger partial charge on any atom is -0.389 e. The van der Waals surface area contributed by atoms with E-state index in [4.69, 9.17) is 0 Å². The van der Waals surface area contributed by atoms with Crippen LogP contribution < -0.4 is 0 Å². The molecule has 1 aliphatic rings. The van der Waals surface area contributed by atoms with E-state index in [0.29, 0.717) is 0 Å². The Morgan fingerprint density at radius 3 is 1.93 bits per heavy atom. The van der Waals surface area contributed by atoms with Crippen molar-refractivity contribution >= 4 is 0 Å². The van der Waals surface area contributed by atoms with Crippen molar-refractivity contribution in [2.24, 2.45) is 0 Å². The summed E-state index contributed by atoms with van der Waals surface area (Å²) in [6, 6.07) is 4.47. The van der Waals surface area contributed by atoms with E-state index in [2.05, 4.69) is 32.9 Å². The topological polar surface area (TPSA) is 20.2 Å². The monoisotopic (exact) mass is 190 g/mol. The van der Waals surface area contributed by atoms with Gasteiger partial charge in [-0.2, -0.15) is 0 Å². The van der Waals surface area contributed by atoms with Crippen molar-refractivity contribution in [3.63, 3.8) is 0 Å². The maximum Gasteiger partial charge on any atom is 0.0725 e. The van der Waals surface area contributed by atoms with E-state index >= 15 is 0 Å². The minimum atomic E-state index is -0.470. The number of rotatable bonds is 1. The van der Waals surface area contributed by atoms with Gasteiger partial charge in [-0.25, -0.2) is 0 Å². The van der Waals surface area contributed by atoms with Crippen molar-refractivity contribution in [2.45, 2.75) is 45.6 Å². The Labute approximate surface area is 85.8 Å². The van der Waals surface area contributed by atoms with Gasteiger partial charge in [0.25, 0.3) is 0 Å². The zero-order valence-electron chi connectivity index (χ0n) is 9.22. The van der Waals surface area contributed by atoms with Crippen molar-refractivity contribution in [2.75, 3.05) is 0 Å². The molecule has 0 saturated carbocycles. The Bertz CT molecular complexity index is 335. The molecular weight excluding hydrogens is 172 g/mol. The summed E-state index contributed by atoms with van der Waals surface area (Å²) in [5, 5.41) is 10.2. The molecule has 0 unspecified atom stereocenters. The summed E-state index contributed by atoms with van der Waals surface area (Å²) in [6.07, 6.45) is 2.51. The summed E-state index contributed by atoms with van der Waals surface area (Å²) < 4.78 is 0. The molecule has 0 aliphatic heterocycles. The van der Waals surface area contributed by atoms with Gasteiger partial charge in [0.05, 0.1) is 5.60 Å². The number of hydrogen-bond acceptors (Lipinski definition) is 1. The zero-order valence-corrected chi connectivity index (χ0v) is 9.22. The Balaban J connectivity index is 2.41. The number of fused-ring (bicyclic) bond motifs is 1. The molecular formula is C13H18O. The maximum atomic E-state index is 10.2. The Hall–Kier alpha value is -0.820. The van der Waals surface area contributed by atoms with E-state index in [-0.39, 0.29) is 0 Å². The second-order valence-electron chi connectivity index (χ2n) is 4.64. The van der Waals surface area contributed by atoms with Crippen LogP contribution in [0.15, 0.2) is 12.1 Å². The summed E-state index contributed by atoms with van der Waals surface area (Å²) in [4.78, 5) is 0. The lowest BCUT2D eigenvalue weighted by Gasteiger charge is -2.18. The third-order valence-corrected chi connectivity index (χ3v) is 3.51. The first-order valence-electron chi connectivity index (χ1n) is 5.35. The normalized spacial score (nSPS) is 18.3. The summed E-state index contributed by atoms with van der Waals surface area (Å²) in [5.74, 6) is 0. The minimum absolute atomic E-state index is 0.470. The number of benzene rings is 1. The number of aliphatic hydroxyl groups is 1. The molecule has 76 valence electrons. The van der Waals surface area contributed by atoms with Crippen molar-refractivity contribution in [1.82, 2.24) is 0 Å². The first-order valence-corrected chi connectivity index (χ1v) is 5.35. The molecule has 0 radical (unpaired) electrons. The van der Waals surface area contributed by atoms with E-state index in [9.17, 15) is 5.11 Å². The smallest absolute Gasteiger partial charge is 0.0725 e. The lowest BCUT2D eigenvalue weighted by Crippen LogP contribution is -2.27. The van der Waals surface area contributed by atoms with Gasteiger partial charge in [-0.3, -0.25) is 0 Å². The molecule has 1 aromatic rings. The third kappa shape index (κ3) is 1.46. The molecule has 1 aromatic carbocycles. The molecule has 1 aliphatic carbocycles. The predicted octanol–water partition coefficient (Wildman–Crippen LogP) is 2.54. The van der Waals surface area contributed by atoms with Crippen LogP contribution in [-0.2, 0) is 12.8 Å². The molecule has 1 heteroatoms. The van der Waals surface area contributed by atoms with Gasteiger partial charge in [-0.05, 0) is 42.5 Å². The highest BCUT2D eigenvalue weighted by Gasteiger charge is 2.33. The molecule has 0 atom stereocenters. The molecule has 0 bridgehead atoms. The van der Waals surface area contributed by atoms with E-state index in [1.807, 2.05) is 0 Å². The average Bonchev–Trinajstić information content (AvgIpc) is 2.43. The lowest BCUT2D eigenvalue weighted by atomic mass is 9.97. The molecule has 0 heterocycles. The fraction of sp³-hybridized carbons (Fsp3) is 0.538. The van der Waals surface area contributed by atoms with Crippen LogP contribution in [0.25, 0.3) is 0 Å². The van der Waals surface area contributed by atoms with Gasteiger partial charge in [0, 0.05) is 12.8 Å². The van der Waals surface area contributed by atoms with E-state index in [1.54, 1.807) is 0 Å². The van der Waals surface area contributed by atoms with Crippen LogP contribution in [0.1, 0.15) is 35.6 Å². The van der Waals surface area contributed by atoms with E-state index < -0.39 is 5.60 Å². The molecule has 0 fully saturated rings. The fourth-order valence-corrected chi connectivity index (χ4v) is 2.29. The first-order chi connectivity index (χ1) is 6.54.